The molecule has 3 aliphatic heterocycles. The Morgan fingerprint density at radius 2 is 1.75 bits per heavy atom. The van der Waals surface area contributed by atoms with Crippen molar-refractivity contribution in [3.05, 3.63) is 111 Å². The van der Waals surface area contributed by atoms with Crippen molar-refractivity contribution in [1.82, 2.24) is 19.6 Å². The van der Waals surface area contributed by atoms with Crippen molar-refractivity contribution in [2.24, 2.45) is 10.8 Å². The van der Waals surface area contributed by atoms with E-state index in [1.807, 2.05) is 12.1 Å². The van der Waals surface area contributed by atoms with Gasteiger partial charge in [-0.25, -0.2) is 13.1 Å². The Morgan fingerprint density at radius 1 is 0.986 bits per heavy atom. The van der Waals surface area contributed by atoms with Crippen LogP contribution in [0.1, 0.15) is 69.3 Å². The lowest BCUT2D eigenvalue weighted by Crippen LogP contribution is -2.47. The molecule has 4 aliphatic rings. The number of anilines is 4. The fourth-order valence-corrected chi connectivity index (χ4v) is 11.0. The third-order valence-electron chi connectivity index (χ3n) is 14.3. The van der Waals surface area contributed by atoms with Crippen molar-refractivity contribution >= 4 is 72.6 Å². The van der Waals surface area contributed by atoms with Crippen LogP contribution in [0.5, 0.6) is 5.88 Å². The molecule has 2 saturated heterocycles. The van der Waals surface area contributed by atoms with Gasteiger partial charge in [0, 0.05) is 80.6 Å². The summed E-state index contributed by atoms with van der Waals surface area (Å²) in [6, 6.07) is 19.7. The summed E-state index contributed by atoms with van der Waals surface area (Å²) in [6.45, 7) is 11.3. The number of aromatic amines is 1. The normalized spacial score (nSPS) is 20.2. The number of nitro groups is 1. The Balaban J connectivity index is 1.04. The van der Waals surface area contributed by atoms with Crippen LogP contribution in [-0.2, 0) is 19.5 Å². The third kappa shape index (κ3) is 10.9. The molecule has 72 heavy (non-hydrogen) atoms. The van der Waals surface area contributed by atoms with Gasteiger partial charge in [-0.2, -0.15) is 18.2 Å². The van der Waals surface area contributed by atoms with Crippen LogP contribution in [-0.4, -0.2) is 118 Å². The van der Waals surface area contributed by atoms with E-state index in [1.54, 1.807) is 35.4 Å². The van der Waals surface area contributed by atoms with E-state index in [4.69, 9.17) is 25.8 Å². The number of ether oxygens (including phenoxy) is 3. The maximum Gasteiger partial charge on any atom is 0.397 e. The standard InChI is InChI=1S/C51H58ClF3N8O8S/c1-49(2)16-13-34(40(28-49)32-5-7-35(52)8-6-32)30-60-19-21-61(22-20-60)36-9-11-39(47(64)59-72(67,68)38-10-12-41(43(27-38)63(65)66)57-29-37-31-69-23-24-70-37)42(26-36)62-18-15-45(50(3,4)51(53,54)55)71-48-44(62)25-33-14-17-56-46(33)58-48/h5-12,14,17,25-27,37,45,57H,13,15-16,18-24,28-31H2,1-4H3,(H,56,58)(H,59,64)/t37-,45-/m0/s1. The number of sulfonamides is 1. The number of halogens is 4. The maximum atomic E-state index is 14.7. The number of nitrogens with zero attached hydrogens (tertiary/aromatic N) is 5. The number of hydrogen-bond acceptors (Lipinski definition) is 13. The van der Waals surface area contributed by atoms with E-state index in [1.165, 1.54) is 28.8 Å². The van der Waals surface area contributed by atoms with Crippen molar-refractivity contribution in [3.63, 3.8) is 0 Å². The first kappa shape index (κ1) is 51.0. The smallest absolute Gasteiger partial charge is 0.397 e. The number of nitrogens with one attached hydrogen (secondary N) is 3. The van der Waals surface area contributed by atoms with Gasteiger partial charge in [-0.3, -0.25) is 19.8 Å². The average molecular weight is 1040 g/mol. The average Bonchev–Trinajstić information content (AvgIpc) is 3.72. The minimum Gasteiger partial charge on any atom is -0.472 e. The number of hydrogen-bond donors (Lipinski definition) is 3. The lowest BCUT2D eigenvalue weighted by molar-refractivity contribution is -0.384. The van der Waals surface area contributed by atoms with Gasteiger partial charge in [0.15, 0.2) is 0 Å². The highest BCUT2D eigenvalue weighted by molar-refractivity contribution is 7.90. The monoisotopic (exact) mass is 1030 g/mol. The Morgan fingerprint density at radius 3 is 2.46 bits per heavy atom. The number of H-pyrrole nitrogens is 1. The fraction of sp³-hybridized carbons (Fsp3) is 0.451. The summed E-state index contributed by atoms with van der Waals surface area (Å²) in [5.74, 6) is -1.18. The van der Waals surface area contributed by atoms with Gasteiger partial charge in [0.05, 0.1) is 52.4 Å². The Hall–Kier alpha value is -5.93. The van der Waals surface area contributed by atoms with Crippen molar-refractivity contribution in [1.29, 1.82) is 0 Å². The molecule has 1 aliphatic carbocycles. The van der Waals surface area contributed by atoms with Crippen LogP contribution in [0.25, 0.3) is 16.6 Å². The van der Waals surface area contributed by atoms with Crippen molar-refractivity contribution in [3.8, 4) is 5.88 Å². The van der Waals surface area contributed by atoms with Gasteiger partial charge in [-0.05, 0) is 104 Å². The van der Waals surface area contributed by atoms with E-state index in [0.29, 0.717) is 61.1 Å². The largest absolute Gasteiger partial charge is 0.472 e. The summed E-state index contributed by atoms with van der Waals surface area (Å²) in [7, 11) is -4.76. The minimum atomic E-state index is -4.76. The number of piperazine rings is 1. The number of nitro benzene ring substituents is 1. The maximum absolute atomic E-state index is 14.7. The number of rotatable bonds is 13. The first-order valence-corrected chi connectivity index (χ1v) is 25.9. The van der Waals surface area contributed by atoms with Gasteiger partial charge in [0.25, 0.3) is 21.6 Å². The molecule has 2 fully saturated rings. The molecule has 0 saturated carbocycles. The van der Waals surface area contributed by atoms with Crippen molar-refractivity contribution in [2.45, 2.75) is 76.7 Å². The molecule has 5 aromatic rings. The Bertz CT molecular complexity index is 2990. The quantitative estimate of drug-likeness (QED) is 0.0749. The number of amides is 1. The molecule has 0 unspecified atom stereocenters. The van der Waals surface area contributed by atoms with Gasteiger partial charge >= 0.3 is 6.18 Å². The second-order valence-corrected chi connectivity index (χ2v) is 22.3. The molecule has 1 amide bonds. The van der Waals surface area contributed by atoms with E-state index < -0.39 is 49.1 Å². The van der Waals surface area contributed by atoms with Crippen LogP contribution in [0, 0.1) is 20.9 Å². The highest BCUT2D eigenvalue weighted by atomic mass is 35.5. The minimum absolute atomic E-state index is 0.0372. The predicted octanol–water partition coefficient (Wildman–Crippen LogP) is 9.73. The summed E-state index contributed by atoms with van der Waals surface area (Å²) in [4.78, 5) is 39.4. The molecule has 0 radical (unpaired) electrons. The van der Waals surface area contributed by atoms with Gasteiger partial charge < -0.3 is 34.3 Å². The summed E-state index contributed by atoms with van der Waals surface area (Å²) in [5, 5.41) is 16.5. The Labute approximate surface area is 421 Å². The second-order valence-electron chi connectivity index (χ2n) is 20.2. The summed E-state index contributed by atoms with van der Waals surface area (Å²) in [5.41, 5.74) is 2.65. The molecular formula is C51H58ClF3N8O8S. The van der Waals surface area contributed by atoms with Crippen LogP contribution in [0.15, 0.2) is 89.5 Å². The zero-order chi connectivity index (χ0) is 51.2. The number of pyridine rings is 1. The summed E-state index contributed by atoms with van der Waals surface area (Å²) < 4.78 is 91.5. The molecule has 3 N–H and O–H groups in total. The number of alkyl halides is 3. The molecule has 5 heterocycles. The molecule has 384 valence electrons. The number of fused-ring (bicyclic) bond motifs is 2. The molecule has 21 heteroatoms. The van der Waals surface area contributed by atoms with Crippen LogP contribution in [0.3, 0.4) is 0 Å². The van der Waals surface area contributed by atoms with E-state index in [0.717, 1.165) is 51.8 Å². The van der Waals surface area contributed by atoms with E-state index in [2.05, 4.69) is 55.8 Å². The summed E-state index contributed by atoms with van der Waals surface area (Å²) >= 11 is 6.27. The number of carbonyl (C=O) groups is 1. The lowest BCUT2D eigenvalue weighted by Gasteiger charge is -2.39. The molecular weight excluding hydrogens is 977 g/mol. The molecule has 0 bridgehead atoms. The zero-order valence-electron chi connectivity index (χ0n) is 40.5. The van der Waals surface area contributed by atoms with Gasteiger partial charge in [0.2, 0.25) is 5.88 Å². The zero-order valence-corrected chi connectivity index (χ0v) is 42.1. The van der Waals surface area contributed by atoms with E-state index in [9.17, 15) is 36.5 Å². The first-order chi connectivity index (χ1) is 34.2. The molecule has 16 nitrogen and oxygen atoms in total. The highest BCUT2D eigenvalue weighted by Crippen LogP contribution is 2.48. The SMILES string of the molecule is CC1(C)CCC(CN2CCN(c3ccc(C(=O)NS(=O)(=O)c4ccc(NC[C@H]5COCCO5)c([N+](=O)[O-])c4)c(N4CC[C@@H](C(C)(C)C(F)(F)F)Oc5nc6[nH]ccc6cc54)c3)CC2)=C(c2ccc(Cl)cc2)C1. The van der Waals surface area contributed by atoms with E-state index >= 15 is 0 Å². The lowest BCUT2D eigenvalue weighted by atomic mass is 9.72. The summed E-state index contributed by atoms with van der Waals surface area (Å²) in [6.07, 6.45) is -1.96. The molecule has 0 spiro atoms. The van der Waals surface area contributed by atoms with Gasteiger partial charge in [-0.1, -0.05) is 43.2 Å². The molecule has 9 rings (SSSR count). The first-order valence-electron chi connectivity index (χ1n) is 24.0. The second kappa shape index (κ2) is 20.2. The predicted molar refractivity (Wildman–Crippen MR) is 270 cm³/mol. The van der Waals surface area contributed by atoms with Crippen molar-refractivity contribution in [2.75, 3.05) is 80.8 Å². The van der Waals surface area contributed by atoms with E-state index in [-0.39, 0.29) is 66.1 Å². The highest BCUT2D eigenvalue weighted by Gasteiger charge is 2.54. The number of aromatic nitrogens is 2. The molecule has 2 aromatic heterocycles. The topological polar surface area (TPSA) is 185 Å². The van der Waals surface area contributed by atoms with Crippen LogP contribution in [0.2, 0.25) is 5.02 Å². The van der Waals surface area contributed by atoms with Crippen molar-refractivity contribution < 1.29 is 45.5 Å². The van der Waals surface area contributed by atoms with Gasteiger partial charge in [0.1, 0.15) is 23.1 Å². The third-order valence-corrected chi connectivity index (χ3v) is 15.9. The Kier molecular flexibility index (Phi) is 14.3. The van der Waals surface area contributed by atoms with Crippen LogP contribution >= 0.6 is 11.6 Å². The fourth-order valence-electron chi connectivity index (χ4n) is 9.86. The van der Waals surface area contributed by atoms with Gasteiger partial charge in [-0.15, -0.1) is 0 Å². The van der Waals surface area contributed by atoms with Crippen LogP contribution < -0.4 is 24.6 Å². The molecule has 2 atom stereocenters. The number of carbonyl (C=O) groups excluding carboxylic acids is 1. The molecule has 3 aromatic carbocycles. The number of benzene rings is 3. The van der Waals surface area contributed by atoms with Crippen LogP contribution in [0.4, 0.5) is 41.6 Å². The number of allylic oxidation sites excluding steroid dienone is 1.